The van der Waals surface area contributed by atoms with Crippen LogP contribution in [-0.2, 0) is 16.1 Å². The van der Waals surface area contributed by atoms with E-state index in [4.69, 9.17) is 4.74 Å². The smallest absolute Gasteiger partial charge is 0.350 e. The summed E-state index contributed by atoms with van der Waals surface area (Å²) in [5, 5.41) is 3.43. The lowest BCUT2D eigenvalue weighted by molar-refractivity contribution is -0.115. The summed E-state index contributed by atoms with van der Waals surface area (Å²) in [5.74, 6) is -0.0576. The van der Waals surface area contributed by atoms with Crippen molar-refractivity contribution in [1.82, 2.24) is 15.0 Å². The third-order valence-electron chi connectivity index (χ3n) is 4.98. The maximum absolute atomic E-state index is 12.8. The zero-order chi connectivity index (χ0) is 24.8. The van der Waals surface area contributed by atoms with Crippen LogP contribution in [0.4, 0.5) is 5.13 Å². The van der Waals surface area contributed by atoms with E-state index in [9.17, 15) is 9.59 Å². The number of carbonyl (C=O) groups excluding carboxylic acids is 2. The van der Waals surface area contributed by atoms with E-state index in [1.807, 2.05) is 73.7 Å². The molecule has 2 aromatic carbocycles. The van der Waals surface area contributed by atoms with Crippen LogP contribution in [0.3, 0.4) is 0 Å². The van der Waals surface area contributed by atoms with Gasteiger partial charge in [-0.3, -0.25) is 4.79 Å². The maximum Gasteiger partial charge on any atom is 0.350 e. The lowest BCUT2D eigenvalue weighted by Gasteiger charge is -2.11. The number of aromatic nitrogens is 3. The molecule has 0 aliphatic rings. The van der Waals surface area contributed by atoms with Crippen LogP contribution in [-0.4, -0.2) is 32.1 Å². The first-order valence-electron chi connectivity index (χ1n) is 11.0. The van der Waals surface area contributed by atoms with Gasteiger partial charge in [-0.15, -0.1) is 0 Å². The highest BCUT2D eigenvalue weighted by Gasteiger charge is 2.21. The van der Waals surface area contributed by atoms with Crippen molar-refractivity contribution < 1.29 is 14.3 Å². The number of hydrogen-bond acceptors (Lipinski definition) is 8. The van der Waals surface area contributed by atoms with E-state index >= 15 is 0 Å². The fourth-order valence-electron chi connectivity index (χ4n) is 3.23. The summed E-state index contributed by atoms with van der Waals surface area (Å²) in [7, 11) is 0. The number of anilines is 1. The number of ether oxygens (including phenoxy) is 1. The lowest BCUT2D eigenvalue weighted by atomic mass is 10.1. The van der Waals surface area contributed by atoms with Gasteiger partial charge in [0.25, 0.3) is 0 Å². The van der Waals surface area contributed by atoms with Gasteiger partial charge in [-0.2, -0.15) is 0 Å². The molecule has 0 radical (unpaired) electrons. The number of benzene rings is 2. The van der Waals surface area contributed by atoms with Crippen LogP contribution < -0.4 is 5.32 Å². The highest BCUT2D eigenvalue weighted by Crippen LogP contribution is 2.28. The summed E-state index contributed by atoms with van der Waals surface area (Å²) in [6.07, 6.45) is 0. The molecule has 1 N–H and O–H groups in total. The molecule has 4 rings (SSSR count). The largest absolute Gasteiger partial charge is 0.457 e. The van der Waals surface area contributed by atoms with Gasteiger partial charge in [0.1, 0.15) is 22.3 Å². The average Bonchev–Trinajstić information content (AvgIpc) is 3.23. The molecular weight excluding hydrogens is 480 g/mol. The van der Waals surface area contributed by atoms with E-state index in [-0.39, 0.29) is 12.5 Å². The predicted molar refractivity (Wildman–Crippen MR) is 139 cm³/mol. The van der Waals surface area contributed by atoms with Gasteiger partial charge in [0.2, 0.25) is 5.91 Å². The van der Waals surface area contributed by atoms with Crippen molar-refractivity contribution in [2.24, 2.45) is 0 Å². The van der Waals surface area contributed by atoms with Crippen LogP contribution in [0.5, 0.6) is 0 Å². The first kappa shape index (κ1) is 24.6. The van der Waals surface area contributed by atoms with Gasteiger partial charge in [-0.25, -0.2) is 19.7 Å². The van der Waals surface area contributed by atoms with Crippen molar-refractivity contribution in [2.45, 2.75) is 37.7 Å². The van der Waals surface area contributed by atoms with Gasteiger partial charge in [0.05, 0.1) is 16.6 Å². The predicted octanol–water partition coefficient (Wildman–Crippen LogP) is 5.69. The van der Waals surface area contributed by atoms with Crippen LogP contribution in [0.25, 0.3) is 11.3 Å². The molecule has 0 saturated heterocycles. The number of esters is 1. The van der Waals surface area contributed by atoms with E-state index in [0.29, 0.717) is 26.6 Å². The quantitative estimate of drug-likeness (QED) is 0.187. The Morgan fingerprint density at radius 3 is 2.40 bits per heavy atom. The summed E-state index contributed by atoms with van der Waals surface area (Å²) in [6, 6.07) is 21.2. The fourth-order valence-corrected chi connectivity index (χ4v) is 4.98. The molecule has 9 heteroatoms. The molecule has 2 aromatic heterocycles. The standard InChI is InChI=1S/C26H24N4O3S2/c1-16-23(25(32)33-15-19-10-6-4-7-11-19)35-26(27-16)30-24(31)17(2)34-22-14-21(28-18(3)29-22)20-12-8-5-9-13-20/h4-14,17H,15H2,1-3H3,(H,27,30,31). The molecule has 35 heavy (non-hydrogen) atoms. The van der Waals surface area contributed by atoms with Gasteiger partial charge in [-0.1, -0.05) is 83.8 Å². The number of carbonyl (C=O) groups is 2. The van der Waals surface area contributed by atoms with E-state index in [2.05, 4.69) is 20.3 Å². The molecule has 0 aliphatic heterocycles. The molecule has 0 saturated carbocycles. The summed E-state index contributed by atoms with van der Waals surface area (Å²) >= 11 is 2.44. The van der Waals surface area contributed by atoms with Gasteiger partial charge in [0, 0.05) is 5.56 Å². The van der Waals surface area contributed by atoms with Crippen molar-refractivity contribution in [3.05, 3.63) is 88.7 Å². The highest BCUT2D eigenvalue weighted by atomic mass is 32.2. The number of thioether (sulfide) groups is 1. The van der Waals surface area contributed by atoms with Crippen molar-refractivity contribution in [3.8, 4) is 11.3 Å². The Balaban J connectivity index is 1.38. The molecule has 1 amide bonds. The molecule has 1 unspecified atom stereocenters. The van der Waals surface area contributed by atoms with Crippen molar-refractivity contribution in [3.63, 3.8) is 0 Å². The second-order valence-corrected chi connectivity index (χ2v) is 10.1. The van der Waals surface area contributed by atoms with Gasteiger partial charge in [0.15, 0.2) is 5.13 Å². The average molecular weight is 505 g/mol. The number of hydrogen-bond donors (Lipinski definition) is 1. The van der Waals surface area contributed by atoms with Crippen LogP contribution >= 0.6 is 23.1 Å². The Hall–Kier alpha value is -3.56. The third kappa shape index (κ3) is 6.52. The third-order valence-corrected chi connectivity index (χ3v) is 7.05. The monoisotopic (exact) mass is 504 g/mol. The topological polar surface area (TPSA) is 94.1 Å². The van der Waals surface area contributed by atoms with E-state index < -0.39 is 11.2 Å². The molecule has 0 aliphatic carbocycles. The number of nitrogens with one attached hydrogen (secondary N) is 1. The normalized spacial score (nSPS) is 11.6. The van der Waals surface area contributed by atoms with Crippen molar-refractivity contribution in [1.29, 1.82) is 0 Å². The highest BCUT2D eigenvalue weighted by molar-refractivity contribution is 8.00. The maximum atomic E-state index is 12.8. The summed E-state index contributed by atoms with van der Waals surface area (Å²) in [6.45, 7) is 5.53. The summed E-state index contributed by atoms with van der Waals surface area (Å²) < 4.78 is 5.40. The Morgan fingerprint density at radius 1 is 1.00 bits per heavy atom. The van der Waals surface area contributed by atoms with Gasteiger partial charge >= 0.3 is 5.97 Å². The molecule has 0 fully saturated rings. The van der Waals surface area contributed by atoms with Crippen molar-refractivity contribution in [2.75, 3.05) is 5.32 Å². The van der Waals surface area contributed by atoms with Crippen LogP contribution in [0.1, 0.15) is 33.7 Å². The molecular formula is C26H24N4O3S2. The Morgan fingerprint density at radius 2 is 1.69 bits per heavy atom. The van der Waals surface area contributed by atoms with Crippen LogP contribution in [0.15, 0.2) is 71.8 Å². The Bertz CT molecular complexity index is 1330. The molecule has 178 valence electrons. The number of nitrogens with zero attached hydrogens (tertiary/aromatic N) is 3. The van der Waals surface area contributed by atoms with E-state index in [1.165, 1.54) is 11.8 Å². The number of aryl methyl sites for hydroxylation is 2. The minimum atomic E-state index is -0.461. The first-order valence-corrected chi connectivity index (χ1v) is 12.7. The molecule has 1 atom stereocenters. The number of thiazole rings is 1. The Labute approximate surface area is 212 Å². The molecule has 0 spiro atoms. The zero-order valence-electron chi connectivity index (χ0n) is 19.5. The lowest BCUT2D eigenvalue weighted by Crippen LogP contribution is -2.22. The van der Waals surface area contributed by atoms with Gasteiger partial charge < -0.3 is 10.1 Å². The zero-order valence-corrected chi connectivity index (χ0v) is 21.2. The second-order valence-electron chi connectivity index (χ2n) is 7.75. The molecule has 2 heterocycles. The van der Waals surface area contributed by atoms with Crippen molar-refractivity contribution >= 4 is 40.1 Å². The second kappa shape index (κ2) is 11.2. The number of amides is 1. The van der Waals surface area contributed by atoms with Gasteiger partial charge in [-0.05, 0) is 32.4 Å². The van der Waals surface area contributed by atoms with Crippen LogP contribution in [0.2, 0.25) is 0 Å². The molecule has 0 bridgehead atoms. The minimum Gasteiger partial charge on any atom is -0.457 e. The van der Waals surface area contributed by atoms with E-state index in [0.717, 1.165) is 28.2 Å². The fraction of sp³-hybridized carbons (Fsp3) is 0.192. The molecule has 4 aromatic rings. The number of rotatable bonds is 8. The SMILES string of the molecule is Cc1nc(SC(C)C(=O)Nc2nc(C)c(C(=O)OCc3ccccc3)s2)cc(-c2ccccc2)n1. The van der Waals surface area contributed by atoms with E-state index in [1.54, 1.807) is 13.8 Å². The molecule has 7 nitrogen and oxygen atoms in total. The summed E-state index contributed by atoms with van der Waals surface area (Å²) in [5.41, 5.74) is 3.21. The summed E-state index contributed by atoms with van der Waals surface area (Å²) in [4.78, 5) is 39.0. The minimum absolute atomic E-state index is 0.176. The van der Waals surface area contributed by atoms with Crippen LogP contribution in [0, 0.1) is 13.8 Å². The Kier molecular flexibility index (Phi) is 7.89. The first-order chi connectivity index (χ1) is 16.9.